The van der Waals surface area contributed by atoms with Crippen LogP contribution < -0.4 is 10.6 Å². The molecule has 0 saturated carbocycles. The van der Waals surface area contributed by atoms with E-state index in [1.807, 2.05) is 0 Å². The molecule has 0 atom stereocenters. The largest absolute Gasteiger partial charge is 0.508 e. The molecule has 0 unspecified atom stereocenters. The third kappa shape index (κ3) is 4.26. The molecule has 8 nitrogen and oxygen atoms in total. The summed E-state index contributed by atoms with van der Waals surface area (Å²) in [7, 11) is 0. The number of nitrogens with zero attached hydrogens (tertiary/aromatic N) is 1. The summed E-state index contributed by atoms with van der Waals surface area (Å²) >= 11 is 0. The average molecular weight is 267 g/mol. The molecule has 1 rings (SSSR count). The first-order valence-corrected chi connectivity index (χ1v) is 5.42. The number of phenolic OH excluding ortho intramolecular Hbond substituents is 1. The third-order valence-electron chi connectivity index (χ3n) is 2.21. The first-order chi connectivity index (χ1) is 8.91. The van der Waals surface area contributed by atoms with Gasteiger partial charge in [-0.05, 0) is 12.1 Å². The van der Waals surface area contributed by atoms with Gasteiger partial charge >= 0.3 is 0 Å². The van der Waals surface area contributed by atoms with Gasteiger partial charge in [-0.15, -0.1) is 0 Å². The summed E-state index contributed by atoms with van der Waals surface area (Å²) in [4.78, 5) is 32.4. The van der Waals surface area contributed by atoms with Crippen LogP contribution in [0.2, 0.25) is 0 Å². The maximum atomic E-state index is 11.7. The molecule has 0 heterocycles. The molecular formula is C11H13N3O5. The van der Waals surface area contributed by atoms with Gasteiger partial charge in [0, 0.05) is 26.1 Å². The Morgan fingerprint density at radius 1 is 1.32 bits per heavy atom. The van der Waals surface area contributed by atoms with E-state index in [4.69, 9.17) is 0 Å². The Labute approximate surface area is 108 Å². The van der Waals surface area contributed by atoms with Gasteiger partial charge in [0.05, 0.1) is 4.92 Å². The standard InChI is InChI=1S/C11H13N3O5/c1-7(15)12-4-5-13-11(17)9-6-8(16)2-3-10(9)14(18)19/h2-3,6,16H,4-5H2,1H3,(H,12,15)(H,13,17). The van der Waals surface area contributed by atoms with Gasteiger partial charge in [0.2, 0.25) is 5.91 Å². The van der Waals surface area contributed by atoms with Gasteiger partial charge in [-0.25, -0.2) is 0 Å². The summed E-state index contributed by atoms with van der Waals surface area (Å²) in [5.41, 5.74) is -0.623. The van der Waals surface area contributed by atoms with Crippen molar-refractivity contribution >= 4 is 17.5 Å². The molecule has 0 aliphatic carbocycles. The van der Waals surface area contributed by atoms with Crippen LogP contribution in [0.3, 0.4) is 0 Å². The van der Waals surface area contributed by atoms with Gasteiger partial charge in [0.15, 0.2) is 0 Å². The van der Waals surface area contributed by atoms with Crippen LogP contribution in [-0.4, -0.2) is 34.9 Å². The third-order valence-corrected chi connectivity index (χ3v) is 2.21. The number of carbonyl (C=O) groups is 2. The van der Waals surface area contributed by atoms with Gasteiger partial charge < -0.3 is 15.7 Å². The fraction of sp³-hybridized carbons (Fsp3) is 0.273. The molecule has 0 aliphatic heterocycles. The number of rotatable bonds is 5. The van der Waals surface area contributed by atoms with Crippen molar-refractivity contribution in [1.29, 1.82) is 0 Å². The minimum Gasteiger partial charge on any atom is -0.508 e. The van der Waals surface area contributed by atoms with E-state index in [0.717, 1.165) is 18.2 Å². The first kappa shape index (κ1) is 14.4. The van der Waals surface area contributed by atoms with Crippen molar-refractivity contribution in [3.05, 3.63) is 33.9 Å². The smallest absolute Gasteiger partial charge is 0.282 e. The second kappa shape index (κ2) is 6.34. The molecule has 0 fully saturated rings. The zero-order valence-electron chi connectivity index (χ0n) is 10.2. The highest BCUT2D eigenvalue weighted by molar-refractivity contribution is 5.98. The Balaban J connectivity index is 2.73. The number of hydrogen-bond donors (Lipinski definition) is 3. The molecule has 102 valence electrons. The zero-order chi connectivity index (χ0) is 14.4. The van der Waals surface area contributed by atoms with Crippen LogP contribution in [-0.2, 0) is 4.79 Å². The summed E-state index contributed by atoms with van der Waals surface area (Å²) in [6.45, 7) is 1.68. The van der Waals surface area contributed by atoms with E-state index in [9.17, 15) is 24.8 Å². The van der Waals surface area contributed by atoms with E-state index in [0.29, 0.717) is 0 Å². The van der Waals surface area contributed by atoms with Crippen LogP contribution in [0.1, 0.15) is 17.3 Å². The predicted octanol–water partition coefficient (Wildman–Crippen LogP) is 0.166. The quantitative estimate of drug-likeness (QED) is 0.398. The zero-order valence-corrected chi connectivity index (χ0v) is 10.2. The number of aromatic hydroxyl groups is 1. The normalized spacial score (nSPS) is 9.74. The SMILES string of the molecule is CC(=O)NCCNC(=O)c1cc(O)ccc1[N+](=O)[O-]. The number of nitro benzene ring substituents is 1. The number of benzene rings is 1. The van der Waals surface area contributed by atoms with Gasteiger partial charge in [-0.2, -0.15) is 0 Å². The fourth-order valence-electron chi connectivity index (χ4n) is 1.37. The monoisotopic (exact) mass is 267 g/mol. The maximum Gasteiger partial charge on any atom is 0.282 e. The molecular weight excluding hydrogens is 254 g/mol. The molecule has 0 bridgehead atoms. The molecule has 0 radical (unpaired) electrons. The summed E-state index contributed by atoms with van der Waals surface area (Å²) in [6.07, 6.45) is 0. The van der Waals surface area contributed by atoms with Crippen molar-refractivity contribution in [2.45, 2.75) is 6.92 Å². The molecule has 1 aromatic rings. The highest BCUT2D eigenvalue weighted by atomic mass is 16.6. The molecule has 0 aliphatic rings. The lowest BCUT2D eigenvalue weighted by atomic mass is 10.1. The Hall–Kier alpha value is -2.64. The van der Waals surface area contributed by atoms with E-state index < -0.39 is 16.5 Å². The highest BCUT2D eigenvalue weighted by Gasteiger charge is 2.20. The van der Waals surface area contributed by atoms with Crippen molar-refractivity contribution in [3.63, 3.8) is 0 Å². The first-order valence-electron chi connectivity index (χ1n) is 5.42. The van der Waals surface area contributed by atoms with Crippen molar-refractivity contribution in [1.82, 2.24) is 10.6 Å². The Kier molecular flexibility index (Phi) is 4.81. The molecule has 3 N–H and O–H groups in total. The molecule has 0 spiro atoms. The lowest BCUT2D eigenvalue weighted by molar-refractivity contribution is -0.385. The maximum absolute atomic E-state index is 11.7. The average Bonchev–Trinajstić information content (AvgIpc) is 2.33. The van der Waals surface area contributed by atoms with Crippen LogP contribution in [0.5, 0.6) is 5.75 Å². The van der Waals surface area contributed by atoms with Gasteiger partial charge in [-0.3, -0.25) is 19.7 Å². The minimum atomic E-state index is -0.706. The molecule has 1 aromatic carbocycles. The molecule has 19 heavy (non-hydrogen) atoms. The Morgan fingerprint density at radius 2 is 1.95 bits per heavy atom. The molecule has 2 amide bonds. The van der Waals surface area contributed by atoms with Gasteiger partial charge in [0.1, 0.15) is 11.3 Å². The lowest BCUT2D eigenvalue weighted by Crippen LogP contribution is -2.33. The Morgan fingerprint density at radius 3 is 2.53 bits per heavy atom. The predicted molar refractivity (Wildman–Crippen MR) is 65.8 cm³/mol. The number of carbonyl (C=O) groups excluding carboxylic acids is 2. The van der Waals surface area contributed by atoms with Crippen molar-refractivity contribution in [2.24, 2.45) is 0 Å². The minimum absolute atomic E-state index is 0.130. The number of nitrogens with one attached hydrogen (secondary N) is 2. The number of amides is 2. The summed E-state index contributed by atoms with van der Waals surface area (Å²) < 4.78 is 0. The summed E-state index contributed by atoms with van der Waals surface area (Å²) in [6, 6.07) is 3.20. The van der Waals surface area contributed by atoms with Crippen LogP contribution in [0, 0.1) is 10.1 Å². The van der Waals surface area contributed by atoms with Gasteiger partial charge in [0.25, 0.3) is 11.6 Å². The van der Waals surface area contributed by atoms with Gasteiger partial charge in [-0.1, -0.05) is 0 Å². The number of nitro groups is 1. The van der Waals surface area contributed by atoms with Crippen LogP contribution in [0.15, 0.2) is 18.2 Å². The van der Waals surface area contributed by atoms with Crippen LogP contribution in [0.4, 0.5) is 5.69 Å². The second-order valence-electron chi connectivity index (χ2n) is 3.70. The van der Waals surface area contributed by atoms with Crippen LogP contribution in [0.25, 0.3) is 0 Å². The van der Waals surface area contributed by atoms with E-state index >= 15 is 0 Å². The Bertz CT molecular complexity index is 515. The number of hydrogen-bond acceptors (Lipinski definition) is 5. The number of phenols is 1. The fourth-order valence-corrected chi connectivity index (χ4v) is 1.37. The van der Waals surface area contributed by atoms with E-state index in [1.54, 1.807) is 0 Å². The molecule has 0 aromatic heterocycles. The van der Waals surface area contributed by atoms with Crippen molar-refractivity contribution < 1.29 is 19.6 Å². The topological polar surface area (TPSA) is 122 Å². The molecule has 0 saturated heterocycles. The molecule has 8 heteroatoms. The van der Waals surface area contributed by atoms with Crippen molar-refractivity contribution in [2.75, 3.05) is 13.1 Å². The second-order valence-corrected chi connectivity index (χ2v) is 3.70. The lowest BCUT2D eigenvalue weighted by Gasteiger charge is -2.06. The van der Waals surface area contributed by atoms with E-state index in [2.05, 4.69) is 10.6 Å². The van der Waals surface area contributed by atoms with Crippen molar-refractivity contribution in [3.8, 4) is 5.75 Å². The summed E-state index contributed by atoms with van der Waals surface area (Å²) in [5.74, 6) is -1.16. The highest BCUT2D eigenvalue weighted by Crippen LogP contribution is 2.22. The van der Waals surface area contributed by atoms with E-state index in [-0.39, 0.29) is 30.3 Å². The van der Waals surface area contributed by atoms with Crippen LogP contribution >= 0.6 is 0 Å². The summed E-state index contributed by atoms with van der Waals surface area (Å²) in [5, 5.41) is 24.9. The van der Waals surface area contributed by atoms with E-state index in [1.165, 1.54) is 6.92 Å².